The van der Waals surface area contributed by atoms with Gasteiger partial charge in [0.25, 0.3) is 0 Å². The van der Waals surface area contributed by atoms with Crippen molar-refractivity contribution in [1.82, 2.24) is 5.32 Å². The smallest absolute Gasteiger partial charge is 0.225 e. The first kappa shape index (κ1) is 30.4. The molecule has 0 unspecified atom stereocenters. The molecule has 1 N–H and O–H groups in total. The molecule has 0 fully saturated rings. The van der Waals surface area contributed by atoms with Crippen LogP contribution in [0.15, 0.2) is 33.7 Å². The van der Waals surface area contributed by atoms with Gasteiger partial charge in [-0.05, 0) is 38.7 Å². The zero-order valence-corrected chi connectivity index (χ0v) is 20.4. The van der Waals surface area contributed by atoms with E-state index in [1.165, 1.54) is 51.0 Å². The van der Waals surface area contributed by atoms with Crippen LogP contribution in [-0.2, 0) is 4.79 Å². The molecule has 0 aromatic carbocycles. The zero-order valence-electron chi connectivity index (χ0n) is 20.4. The lowest BCUT2D eigenvalue weighted by molar-refractivity contribution is -0.119. The minimum atomic E-state index is -0.0349. The Kier molecular flexibility index (Phi) is 23.8. The first-order valence-corrected chi connectivity index (χ1v) is 11.7. The van der Waals surface area contributed by atoms with Crippen LogP contribution in [0.3, 0.4) is 0 Å². The highest BCUT2D eigenvalue weighted by atomic mass is 19.1. The Morgan fingerprint density at radius 2 is 1.50 bits per heavy atom. The van der Waals surface area contributed by atoms with Gasteiger partial charge in [-0.2, -0.15) is 0 Å². The molecule has 0 radical (unpaired) electrons. The van der Waals surface area contributed by atoms with Crippen LogP contribution in [0.5, 0.6) is 0 Å². The van der Waals surface area contributed by atoms with E-state index in [-0.39, 0.29) is 5.91 Å². The van der Waals surface area contributed by atoms with Crippen molar-refractivity contribution in [3.63, 3.8) is 0 Å². The Morgan fingerprint density at radius 3 is 2.00 bits per heavy atom. The molecule has 0 saturated carbocycles. The van der Waals surface area contributed by atoms with E-state index in [0.29, 0.717) is 37.1 Å². The van der Waals surface area contributed by atoms with Gasteiger partial charge in [0.2, 0.25) is 5.91 Å². The van der Waals surface area contributed by atoms with Gasteiger partial charge in [0.15, 0.2) is 5.84 Å². The quantitative estimate of drug-likeness (QED) is 0.174. The molecule has 0 bridgehead atoms. The van der Waals surface area contributed by atoms with E-state index in [1.807, 2.05) is 13.8 Å². The van der Waals surface area contributed by atoms with Gasteiger partial charge in [0, 0.05) is 19.7 Å². The number of nitrogens with zero attached hydrogens (tertiary/aromatic N) is 2. The summed E-state index contributed by atoms with van der Waals surface area (Å²) in [6.07, 6.45) is 16.5. The summed E-state index contributed by atoms with van der Waals surface area (Å²) in [5.74, 6) is 0.445. The second-order valence-electron chi connectivity index (χ2n) is 7.41. The zero-order chi connectivity index (χ0) is 23.0. The first-order chi connectivity index (χ1) is 14.5. The Bertz CT molecular complexity index is 533. The summed E-state index contributed by atoms with van der Waals surface area (Å²) < 4.78 is 12.1. The third-order valence-electron chi connectivity index (χ3n) is 4.61. The molecule has 0 rings (SSSR count). The number of carbonyl (C=O) groups excluding carboxylic acids is 1. The van der Waals surface area contributed by atoms with Crippen LogP contribution < -0.4 is 5.32 Å². The maximum atomic E-state index is 12.1. The van der Waals surface area contributed by atoms with E-state index in [1.54, 1.807) is 13.3 Å². The van der Waals surface area contributed by atoms with Crippen LogP contribution in [0.2, 0.25) is 0 Å². The molecule has 0 aromatic heterocycles. The summed E-state index contributed by atoms with van der Waals surface area (Å²) in [6.45, 7) is 10.4. The molecular weight excluding hydrogens is 377 g/mol. The molecule has 0 saturated heterocycles. The number of rotatable bonds is 14. The third kappa shape index (κ3) is 18.3. The van der Waals surface area contributed by atoms with Gasteiger partial charge in [-0.3, -0.25) is 14.8 Å². The predicted molar refractivity (Wildman–Crippen MR) is 131 cm³/mol. The number of hydrogen-bond donors (Lipinski definition) is 1. The number of halogens is 1. The summed E-state index contributed by atoms with van der Waals surface area (Å²) in [5.41, 5.74) is 1.63. The molecule has 0 spiro atoms. The number of unbranched alkanes of at least 4 members (excludes halogenated alkanes) is 7. The van der Waals surface area contributed by atoms with E-state index >= 15 is 0 Å². The highest BCUT2D eigenvalue weighted by Gasteiger charge is 2.12. The molecule has 0 aliphatic rings. The molecule has 0 atom stereocenters. The second kappa shape index (κ2) is 23.5. The lowest BCUT2D eigenvalue weighted by Gasteiger charge is -2.12. The summed E-state index contributed by atoms with van der Waals surface area (Å²) in [5, 5.41) is 2.86. The largest absolute Gasteiger partial charge is 0.309 e. The Labute approximate surface area is 185 Å². The number of amides is 1. The number of aliphatic imine (C=N–C) groups is 2. The van der Waals surface area contributed by atoms with Crippen molar-refractivity contribution in [3.05, 3.63) is 23.7 Å². The van der Waals surface area contributed by atoms with Crippen LogP contribution in [0.1, 0.15) is 112 Å². The second-order valence-corrected chi connectivity index (χ2v) is 7.41. The molecule has 0 heterocycles. The van der Waals surface area contributed by atoms with Gasteiger partial charge < -0.3 is 5.32 Å². The van der Waals surface area contributed by atoms with Gasteiger partial charge in [-0.1, -0.05) is 78.2 Å². The normalized spacial score (nSPS) is 12.7. The van der Waals surface area contributed by atoms with Crippen molar-refractivity contribution in [2.75, 3.05) is 7.05 Å². The summed E-state index contributed by atoms with van der Waals surface area (Å²) in [7, 11) is 1.64. The number of carbonyl (C=O) groups is 1. The molecule has 5 heteroatoms. The summed E-state index contributed by atoms with van der Waals surface area (Å²) >= 11 is 0. The fourth-order valence-electron chi connectivity index (χ4n) is 2.79. The monoisotopic (exact) mass is 423 g/mol. The van der Waals surface area contributed by atoms with Gasteiger partial charge in [-0.25, -0.2) is 4.39 Å². The number of nitrogens with one attached hydrogen (secondary N) is 1. The molecule has 0 aliphatic heterocycles. The molecular formula is C25H46FN3O. The average Bonchev–Trinajstić information content (AvgIpc) is 2.75. The molecule has 4 nitrogen and oxygen atoms in total. The minimum absolute atomic E-state index is 0.0349. The Hall–Kier alpha value is -1.78. The standard InChI is InChI=1S/C19H32FN3O.C6H14/c1-5-7-8-9-10-14-17(24)23-19(21-4)18(22-6-2)16(3)13-11-12-15-20;1-3-5-6-4-2/h6,12,15H,5,7-11,13-14H2,1-4H3,(H,21,23,24);3-6H2,1-2H3/b15-12-,18-16+,22-6?;. The van der Waals surface area contributed by atoms with E-state index in [2.05, 4.69) is 36.1 Å². The lowest BCUT2D eigenvalue weighted by atomic mass is 10.1. The van der Waals surface area contributed by atoms with Crippen molar-refractivity contribution in [3.8, 4) is 0 Å². The van der Waals surface area contributed by atoms with Crippen molar-refractivity contribution < 1.29 is 9.18 Å². The SMILES string of the molecule is CC=N/C(C(=NC)NC(=O)CCCCCCC)=C(\C)CC/C=C\F.CCCCCC. The first-order valence-electron chi connectivity index (χ1n) is 11.7. The maximum Gasteiger partial charge on any atom is 0.225 e. The van der Waals surface area contributed by atoms with E-state index in [9.17, 15) is 9.18 Å². The van der Waals surface area contributed by atoms with Crippen LogP contribution in [0.4, 0.5) is 4.39 Å². The van der Waals surface area contributed by atoms with Crippen molar-refractivity contribution in [2.24, 2.45) is 9.98 Å². The predicted octanol–water partition coefficient (Wildman–Crippen LogP) is 7.71. The van der Waals surface area contributed by atoms with Crippen molar-refractivity contribution in [2.45, 2.75) is 112 Å². The molecule has 30 heavy (non-hydrogen) atoms. The summed E-state index contributed by atoms with van der Waals surface area (Å²) in [4.78, 5) is 20.6. The van der Waals surface area contributed by atoms with E-state index in [4.69, 9.17) is 0 Å². The van der Waals surface area contributed by atoms with E-state index in [0.717, 1.165) is 18.4 Å². The number of amidine groups is 1. The highest BCUT2D eigenvalue weighted by Crippen LogP contribution is 2.14. The van der Waals surface area contributed by atoms with E-state index < -0.39 is 0 Å². The van der Waals surface area contributed by atoms with Crippen LogP contribution in [0.25, 0.3) is 0 Å². The maximum absolute atomic E-state index is 12.1. The fraction of sp³-hybridized carbons (Fsp3) is 0.720. The molecule has 0 aliphatic carbocycles. The molecule has 1 amide bonds. The highest BCUT2D eigenvalue weighted by molar-refractivity contribution is 6.08. The van der Waals surface area contributed by atoms with Gasteiger partial charge in [-0.15, -0.1) is 0 Å². The molecule has 0 aromatic rings. The van der Waals surface area contributed by atoms with Crippen LogP contribution in [-0.4, -0.2) is 25.0 Å². The van der Waals surface area contributed by atoms with Crippen molar-refractivity contribution >= 4 is 18.0 Å². The fourth-order valence-corrected chi connectivity index (χ4v) is 2.79. The topological polar surface area (TPSA) is 53.8 Å². The van der Waals surface area contributed by atoms with Gasteiger partial charge >= 0.3 is 0 Å². The van der Waals surface area contributed by atoms with Gasteiger partial charge in [0.05, 0.1) is 6.33 Å². The minimum Gasteiger partial charge on any atom is -0.309 e. The van der Waals surface area contributed by atoms with Gasteiger partial charge in [0.1, 0.15) is 5.70 Å². The lowest BCUT2D eigenvalue weighted by Crippen LogP contribution is -2.31. The Morgan fingerprint density at radius 1 is 0.933 bits per heavy atom. The van der Waals surface area contributed by atoms with Crippen LogP contribution in [0, 0.1) is 0 Å². The number of allylic oxidation sites excluding steroid dienone is 2. The average molecular weight is 424 g/mol. The van der Waals surface area contributed by atoms with Crippen molar-refractivity contribution in [1.29, 1.82) is 0 Å². The molecule has 174 valence electrons. The number of hydrogen-bond acceptors (Lipinski definition) is 3. The Balaban J connectivity index is 0. The third-order valence-corrected chi connectivity index (χ3v) is 4.61. The van der Waals surface area contributed by atoms with Crippen LogP contribution >= 0.6 is 0 Å². The summed E-state index contributed by atoms with van der Waals surface area (Å²) in [6, 6.07) is 0.